The Labute approximate surface area is 232 Å². The second-order valence-corrected chi connectivity index (χ2v) is 11.4. The van der Waals surface area contributed by atoms with Crippen LogP contribution in [0.3, 0.4) is 0 Å². The smallest absolute Gasteiger partial charge is 0.411 e. The van der Waals surface area contributed by atoms with Crippen molar-refractivity contribution in [3.8, 4) is 22.4 Å². The van der Waals surface area contributed by atoms with Gasteiger partial charge in [-0.25, -0.2) is 19.6 Å². The number of nitrogens with zero attached hydrogens (tertiary/aromatic N) is 5. The first-order valence-electron chi connectivity index (χ1n) is 12.9. The van der Waals surface area contributed by atoms with E-state index < -0.39 is 6.09 Å². The van der Waals surface area contributed by atoms with Crippen molar-refractivity contribution in [2.75, 3.05) is 29.9 Å². The number of fused-ring (bicyclic) bond motifs is 1. The summed E-state index contributed by atoms with van der Waals surface area (Å²) in [7, 11) is 0. The highest BCUT2D eigenvalue weighted by atomic mass is 35.5. The molecule has 3 heterocycles. The van der Waals surface area contributed by atoms with E-state index in [1.165, 1.54) is 4.90 Å². The van der Waals surface area contributed by atoms with E-state index >= 15 is 0 Å². The molecule has 2 N–H and O–H groups in total. The van der Waals surface area contributed by atoms with Crippen molar-refractivity contribution in [1.29, 1.82) is 0 Å². The summed E-state index contributed by atoms with van der Waals surface area (Å²) >= 11 is 6.51. The molecule has 4 aromatic rings. The molecule has 0 saturated carbocycles. The van der Waals surface area contributed by atoms with E-state index in [9.17, 15) is 14.7 Å². The number of benzene rings is 2. The van der Waals surface area contributed by atoms with Crippen molar-refractivity contribution in [3.05, 3.63) is 66.1 Å². The fraction of sp³-hybridized carbons (Fsp3) is 0.310. The Hall–Kier alpha value is -4.11. The van der Waals surface area contributed by atoms with Crippen LogP contribution < -0.4 is 10.2 Å². The van der Waals surface area contributed by atoms with E-state index in [0.29, 0.717) is 40.0 Å². The Morgan fingerprint density at radius 3 is 2.44 bits per heavy atom. The molecular formula is C29H31ClN6O3. The molecule has 0 atom stereocenters. The third kappa shape index (κ3) is 5.98. The molecule has 39 heavy (non-hydrogen) atoms. The SMILES string of the molecule is CC(C)(C)CN(C(=O)O)c1ccc(-c2cnc3nc(-c4cc(NC(=O)N5CCCC5)ccc4Cl)cn3c2)cc1. The Morgan fingerprint density at radius 2 is 1.77 bits per heavy atom. The maximum absolute atomic E-state index is 12.5. The minimum absolute atomic E-state index is 0.113. The van der Waals surface area contributed by atoms with Crippen LogP contribution >= 0.6 is 11.6 Å². The molecular weight excluding hydrogens is 516 g/mol. The van der Waals surface area contributed by atoms with Crippen LogP contribution in [0.4, 0.5) is 21.0 Å². The summed E-state index contributed by atoms with van der Waals surface area (Å²) in [5.41, 5.74) is 4.18. The summed E-state index contributed by atoms with van der Waals surface area (Å²) < 4.78 is 1.83. The Morgan fingerprint density at radius 1 is 1.05 bits per heavy atom. The van der Waals surface area contributed by atoms with E-state index in [-0.39, 0.29) is 11.4 Å². The summed E-state index contributed by atoms with van der Waals surface area (Å²) in [6.45, 7) is 7.94. The van der Waals surface area contributed by atoms with Gasteiger partial charge in [0.1, 0.15) is 0 Å². The molecule has 2 aromatic heterocycles. The van der Waals surface area contributed by atoms with E-state index in [1.54, 1.807) is 35.4 Å². The van der Waals surface area contributed by atoms with Gasteiger partial charge < -0.3 is 15.3 Å². The number of likely N-dealkylation sites (tertiary alicyclic amines) is 1. The van der Waals surface area contributed by atoms with Gasteiger partial charge in [0, 0.05) is 60.7 Å². The van der Waals surface area contributed by atoms with Crippen molar-refractivity contribution in [2.24, 2.45) is 5.41 Å². The fourth-order valence-corrected chi connectivity index (χ4v) is 4.88. The van der Waals surface area contributed by atoms with Gasteiger partial charge in [-0.3, -0.25) is 9.30 Å². The van der Waals surface area contributed by atoms with E-state index in [2.05, 4.69) is 15.3 Å². The predicted molar refractivity (Wildman–Crippen MR) is 154 cm³/mol. The normalized spacial score (nSPS) is 13.6. The summed E-state index contributed by atoms with van der Waals surface area (Å²) in [5.74, 6) is 0.509. The number of urea groups is 1. The van der Waals surface area contributed by atoms with Gasteiger partial charge in [0.2, 0.25) is 5.78 Å². The van der Waals surface area contributed by atoms with Crippen LogP contribution in [0, 0.1) is 5.41 Å². The first-order valence-corrected chi connectivity index (χ1v) is 13.3. The summed E-state index contributed by atoms with van der Waals surface area (Å²) in [6, 6.07) is 12.6. The van der Waals surface area contributed by atoms with Gasteiger partial charge in [-0.15, -0.1) is 0 Å². The highest BCUT2D eigenvalue weighted by molar-refractivity contribution is 6.33. The molecule has 1 saturated heterocycles. The van der Waals surface area contributed by atoms with Gasteiger partial charge in [0.05, 0.1) is 10.7 Å². The van der Waals surface area contributed by atoms with Crippen LogP contribution in [0.2, 0.25) is 5.02 Å². The van der Waals surface area contributed by atoms with E-state index in [4.69, 9.17) is 11.6 Å². The number of rotatable bonds is 5. The highest BCUT2D eigenvalue weighted by Gasteiger charge is 2.22. The number of hydrogen-bond donors (Lipinski definition) is 2. The van der Waals surface area contributed by atoms with Crippen molar-refractivity contribution in [2.45, 2.75) is 33.6 Å². The molecule has 10 heteroatoms. The molecule has 9 nitrogen and oxygen atoms in total. The molecule has 0 bridgehead atoms. The average molecular weight is 547 g/mol. The number of halogens is 1. The Kier molecular flexibility index (Phi) is 7.18. The van der Waals surface area contributed by atoms with Crippen LogP contribution in [0.5, 0.6) is 0 Å². The number of carbonyl (C=O) groups excluding carboxylic acids is 1. The standard InChI is InChI=1S/C29H31ClN6O3/c1-29(2,3)18-36(28(38)39)22-9-6-19(7-10-22)20-15-31-26-33-25(17-35(26)16-20)23-14-21(8-11-24(23)30)32-27(37)34-12-4-5-13-34/h6-11,14-17H,4-5,12-13,18H2,1-3H3,(H,32,37)(H,38,39). The summed E-state index contributed by atoms with van der Waals surface area (Å²) in [4.78, 5) is 36.7. The zero-order valence-electron chi connectivity index (χ0n) is 22.2. The zero-order valence-corrected chi connectivity index (χ0v) is 22.9. The minimum Gasteiger partial charge on any atom is -0.465 e. The lowest BCUT2D eigenvalue weighted by molar-refractivity contribution is 0.198. The molecule has 1 fully saturated rings. The second kappa shape index (κ2) is 10.6. The number of hydrogen-bond acceptors (Lipinski definition) is 4. The maximum Gasteiger partial charge on any atom is 0.411 e. The van der Waals surface area contributed by atoms with Gasteiger partial charge in [-0.05, 0) is 54.2 Å². The van der Waals surface area contributed by atoms with Crippen LogP contribution in [-0.4, -0.2) is 56.1 Å². The quantitative estimate of drug-likeness (QED) is 0.284. The van der Waals surface area contributed by atoms with Crippen molar-refractivity contribution in [1.82, 2.24) is 19.3 Å². The monoisotopic (exact) mass is 546 g/mol. The first-order chi connectivity index (χ1) is 18.6. The Balaban J connectivity index is 1.39. The molecule has 1 aliphatic rings. The van der Waals surface area contributed by atoms with Crippen molar-refractivity contribution in [3.63, 3.8) is 0 Å². The first kappa shape index (κ1) is 26.5. The van der Waals surface area contributed by atoms with Crippen molar-refractivity contribution < 1.29 is 14.7 Å². The largest absolute Gasteiger partial charge is 0.465 e. The molecule has 2 aromatic carbocycles. The molecule has 5 rings (SSSR count). The van der Waals surface area contributed by atoms with E-state index in [0.717, 1.165) is 37.1 Å². The van der Waals surface area contributed by atoms with Crippen LogP contribution in [0.1, 0.15) is 33.6 Å². The number of amides is 3. The molecule has 0 spiro atoms. The number of carboxylic acid groups (broad SMARTS) is 1. The lowest BCUT2D eigenvalue weighted by atomic mass is 9.96. The third-order valence-corrected chi connectivity index (χ3v) is 6.90. The molecule has 0 aliphatic carbocycles. The topological polar surface area (TPSA) is 103 Å². The van der Waals surface area contributed by atoms with Gasteiger partial charge in [-0.2, -0.15) is 0 Å². The number of carbonyl (C=O) groups is 2. The summed E-state index contributed by atoms with van der Waals surface area (Å²) in [6.07, 6.45) is 6.58. The molecule has 202 valence electrons. The number of nitrogens with one attached hydrogen (secondary N) is 1. The molecule has 3 amide bonds. The van der Waals surface area contributed by atoms with Crippen LogP contribution in [0.25, 0.3) is 28.2 Å². The highest BCUT2D eigenvalue weighted by Crippen LogP contribution is 2.31. The third-order valence-electron chi connectivity index (χ3n) is 6.57. The van der Waals surface area contributed by atoms with Gasteiger partial charge in [0.15, 0.2) is 0 Å². The van der Waals surface area contributed by atoms with E-state index in [1.807, 2.05) is 55.8 Å². The lowest BCUT2D eigenvalue weighted by Crippen LogP contribution is -2.36. The predicted octanol–water partition coefficient (Wildman–Crippen LogP) is 6.87. The van der Waals surface area contributed by atoms with Gasteiger partial charge in [-0.1, -0.05) is 44.5 Å². The number of imidazole rings is 1. The van der Waals surface area contributed by atoms with Crippen LogP contribution in [-0.2, 0) is 0 Å². The average Bonchev–Trinajstić information content (AvgIpc) is 3.58. The molecule has 0 radical (unpaired) electrons. The number of anilines is 2. The zero-order chi connectivity index (χ0) is 27.7. The maximum atomic E-state index is 12.5. The molecule has 1 aliphatic heterocycles. The Bertz CT molecular complexity index is 1520. The van der Waals surface area contributed by atoms with Crippen LogP contribution in [0.15, 0.2) is 61.1 Å². The lowest BCUT2D eigenvalue weighted by Gasteiger charge is -2.27. The second-order valence-electron chi connectivity index (χ2n) is 11.0. The molecule has 0 unspecified atom stereocenters. The van der Waals surface area contributed by atoms with Gasteiger partial charge >= 0.3 is 12.1 Å². The van der Waals surface area contributed by atoms with Crippen molar-refractivity contribution >= 4 is 40.9 Å². The number of aromatic nitrogens is 3. The van der Waals surface area contributed by atoms with Gasteiger partial charge in [0.25, 0.3) is 0 Å². The summed E-state index contributed by atoms with van der Waals surface area (Å²) in [5, 5.41) is 13.2. The fourth-order valence-electron chi connectivity index (χ4n) is 4.66. The minimum atomic E-state index is -0.981.